The first kappa shape index (κ1) is 15.1. The standard InChI is InChI=1S/C16H15ClN2O2/c1-11(9-18)10-19(2)16(20)15-8-7-14(21-15)12-5-3-4-6-13(12)17/h3-8,11H,10H2,1-2H3/t11-/m1/s1. The molecule has 2 rings (SSSR count). The molecule has 1 aromatic carbocycles. The SMILES string of the molecule is C[C@H](C#N)CN(C)C(=O)c1ccc(-c2ccccc2Cl)o1. The van der Waals surface area contributed by atoms with Crippen molar-refractivity contribution < 1.29 is 9.21 Å². The van der Waals surface area contributed by atoms with Crippen molar-refractivity contribution in [3.63, 3.8) is 0 Å². The molecule has 0 N–H and O–H groups in total. The van der Waals surface area contributed by atoms with E-state index >= 15 is 0 Å². The van der Waals surface area contributed by atoms with E-state index in [0.717, 1.165) is 5.56 Å². The van der Waals surface area contributed by atoms with E-state index in [1.54, 1.807) is 32.2 Å². The fourth-order valence-electron chi connectivity index (χ4n) is 1.98. The second-order valence-corrected chi connectivity index (χ2v) is 5.27. The molecule has 4 nitrogen and oxygen atoms in total. The van der Waals surface area contributed by atoms with Crippen LogP contribution in [0.15, 0.2) is 40.8 Å². The van der Waals surface area contributed by atoms with Crippen molar-refractivity contribution in [1.29, 1.82) is 5.26 Å². The third-order valence-corrected chi connectivity index (χ3v) is 3.40. The van der Waals surface area contributed by atoms with Crippen molar-refractivity contribution in [2.45, 2.75) is 6.92 Å². The van der Waals surface area contributed by atoms with Crippen LogP contribution in [0.2, 0.25) is 5.02 Å². The Labute approximate surface area is 128 Å². The van der Waals surface area contributed by atoms with Crippen LogP contribution in [0.1, 0.15) is 17.5 Å². The van der Waals surface area contributed by atoms with Crippen molar-refractivity contribution >= 4 is 17.5 Å². The number of nitrogens with zero attached hydrogens (tertiary/aromatic N) is 2. The fraction of sp³-hybridized carbons (Fsp3) is 0.250. The third-order valence-electron chi connectivity index (χ3n) is 3.07. The Morgan fingerprint density at radius 3 is 2.76 bits per heavy atom. The molecule has 5 heteroatoms. The van der Waals surface area contributed by atoms with E-state index in [4.69, 9.17) is 21.3 Å². The highest BCUT2D eigenvalue weighted by Crippen LogP contribution is 2.29. The van der Waals surface area contributed by atoms with Crippen LogP contribution in [0, 0.1) is 17.2 Å². The number of hydrogen-bond acceptors (Lipinski definition) is 3. The number of benzene rings is 1. The van der Waals surface area contributed by atoms with Gasteiger partial charge in [0.2, 0.25) is 0 Å². The molecule has 0 aliphatic carbocycles. The number of furan rings is 1. The van der Waals surface area contributed by atoms with Crippen molar-refractivity contribution in [3.05, 3.63) is 47.2 Å². The predicted molar refractivity (Wildman–Crippen MR) is 80.9 cm³/mol. The quantitative estimate of drug-likeness (QED) is 0.862. The van der Waals surface area contributed by atoms with Gasteiger partial charge < -0.3 is 9.32 Å². The molecule has 1 heterocycles. The van der Waals surface area contributed by atoms with Gasteiger partial charge >= 0.3 is 0 Å². The number of carbonyl (C=O) groups excluding carboxylic acids is 1. The van der Waals surface area contributed by atoms with E-state index in [2.05, 4.69) is 6.07 Å². The van der Waals surface area contributed by atoms with Gasteiger partial charge in [0, 0.05) is 19.2 Å². The van der Waals surface area contributed by atoms with Crippen LogP contribution >= 0.6 is 11.6 Å². The van der Waals surface area contributed by atoms with E-state index in [-0.39, 0.29) is 17.6 Å². The monoisotopic (exact) mass is 302 g/mol. The molecule has 1 aromatic heterocycles. The molecule has 21 heavy (non-hydrogen) atoms. The van der Waals surface area contributed by atoms with E-state index < -0.39 is 0 Å². The Hall–Kier alpha value is -2.25. The lowest BCUT2D eigenvalue weighted by atomic mass is 10.2. The molecular formula is C16H15ClN2O2. The molecule has 0 aliphatic rings. The summed E-state index contributed by atoms with van der Waals surface area (Å²) in [5.74, 6) is 0.301. The zero-order chi connectivity index (χ0) is 15.4. The molecule has 2 aromatic rings. The zero-order valence-corrected chi connectivity index (χ0v) is 12.6. The van der Waals surface area contributed by atoms with Crippen molar-refractivity contribution in [1.82, 2.24) is 4.90 Å². The summed E-state index contributed by atoms with van der Waals surface area (Å²) in [7, 11) is 1.65. The van der Waals surface area contributed by atoms with Crippen LogP contribution in [-0.4, -0.2) is 24.4 Å². The second-order valence-electron chi connectivity index (χ2n) is 4.86. The summed E-state index contributed by atoms with van der Waals surface area (Å²) < 4.78 is 5.59. The maximum Gasteiger partial charge on any atom is 0.289 e. The Balaban J connectivity index is 2.19. The number of rotatable bonds is 4. The van der Waals surface area contributed by atoms with Crippen LogP contribution in [0.5, 0.6) is 0 Å². The summed E-state index contributed by atoms with van der Waals surface area (Å²) >= 11 is 6.11. The minimum atomic E-state index is -0.254. The number of hydrogen-bond donors (Lipinski definition) is 0. The van der Waals surface area contributed by atoms with Crippen molar-refractivity contribution in [2.24, 2.45) is 5.92 Å². The topological polar surface area (TPSA) is 57.2 Å². The molecular weight excluding hydrogens is 288 g/mol. The van der Waals surface area contributed by atoms with Crippen LogP contribution < -0.4 is 0 Å². The van der Waals surface area contributed by atoms with Gasteiger partial charge in [-0.2, -0.15) is 5.26 Å². The van der Waals surface area contributed by atoms with Gasteiger partial charge in [0.25, 0.3) is 5.91 Å². The highest BCUT2D eigenvalue weighted by Gasteiger charge is 2.18. The molecule has 1 atom stereocenters. The Bertz CT molecular complexity index is 688. The largest absolute Gasteiger partial charge is 0.451 e. The van der Waals surface area contributed by atoms with Gasteiger partial charge in [-0.25, -0.2) is 0 Å². The Morgan fingerprint density at radius 1 is 1.38 bits per heavy atom. The lowest BCUT2D eigenvalue weighted by Gasteiger charge is -2.16. The van der Waals surface area contributed by atoms with Crippen molar-refractivity contribution in [2.75, 3.05) is 13.6 Å². The summed E-state index contributed by atoms with van der Waals surface area (Å²) in [6.07, 6.45) is 0. The fourth-order valence-corrected chi connectivity index (χ4v) is 2.21. The molecule has 0 spiro atoms. The normalized spacial score (nSPS) is 11.7. The maximum absolute atomic E-state index is 12.2. The molecule has 0 saturated heterocycles. The van der Waals surface area contributed by atoms with Crippen LogP contribution in [0.25, 0.3) is 11.3 Å². The average molecular weight is 303 g/mol. The number of amides is 1. The first-order valence-electron chi connectivity index (χ1n) is 6.52. The van der Waals surface area contributed by atoms with Crippen molar-refractivity contribution in [3.8, 4) is 17.4 Å². The average Bonchev–Trinajstić information content (AvgIpc) is 2.96. The van der Waals surface area contributed by atoms with Gasteiger partial charge in [0.15, 0.2) is 5.76 Å². The van der Waals surface area contributed by atoms with Crippen LogP contribution in [0.4, 0.5) is 0 Å². The van der Waals surface area contributed by atoms with E-state index in [0.29, 0.717) is 17.3 Å². The van der Waals surface area contributed by atoms with Gasteiger partial charge in [-0.1, -0.05) is 23.7 Å². The molecule has 0 aliphatic heterocycles. The lowest BCUT2D eigenvalue weighted by Crippen LogP contribution is -2.30. The van der Waals surface area contributed by atoms with E-state index in [9.17, 15) is 4.79 Å². The number of carbonyl (C=O) groups is 1. The Kier molecular flexibility index (Phi) is 4.66. The maximum atomic E-state index is 12.2. The molecule has 0 saturated carbocycles. The lowest BCUT2D eigenvalue weighted by molar-refractivity contribution is 0.0754. The molecule has 108 valence electrons. The van der Waals surface area contributed by atoms with Gasteiger partial charge in [0.05, 0.1) is 17.0 Å². The first-order valence-corrected chi connectivity index (χ1v) is 6.90. The predicted octanol–water partition coefficient (Wildman–Crippen LogP) is 3.83. The summed E-state index contributed by atoms with van der Waals surface area (Å²) in [4.78, 5) is 13.7. The third kappa shape index (κ3) is 3.45. The van der Waals surface area contributed by atoms with Crippen LogP contribution in [-0.2, 0) is 0 Å². The van der Waals surface area contributed by atoms with Gasteiger partial charge in [-0.05, 0) is 31.2 Å². The zero-order valence-electron chi connectivity index (χ0n) is 11.8. The van der Waals surface area contributed by atoms with Crippen LogP contribution in [0.3, 0.4) is 0 Å². The summed E-state index contributed by atoms with van der Waals surface area (Å²) in [5.41, 5.74) is 0.742. The molecule has 0 fully saturated rings. The number of nitriles is 1. The minimum absolute atomic E-state index is 0.225. The highest BCUT2D eigenvalue weighted by atomic mass is 35.5. The molecule has 0 bridgehead atoms. The van der Waals surface area contributed by atoms with Gasteiger partial charge in [-0.3, -0.25) is 4.79 Å². The van der Waals surface area contributed by atoms with E-state index in [1.165, 1.54) is 4.90 Å². The van der Waals surface area contributed by atoms with E-state index in [1.807, 2.05) is 18.2 Å². The van der Waals surface area contributed by atoms with Gasteiger partial charge in [-0.15, -0.1) is 0 Å². The summed E-state index contributed by atoms with van der Waals surface area (Å²) in [5, 5.41) is 9.36. The molecule has 0 radical (unpaired) electrons. The highest BCUT2D eigenvalue weighted by molar-refractivity contribution is 6.33. The minimum Gasteiger partial charge on any atom is -0.451 e. The molecule has 1 amide bonds. The second kappa shape index (κ2) is 6.47. The Morgan fingerprint density at radius 2 is 2.10 bits per heavy atom. The number of halogens is 1. The smallest absolute Gasteiger partial charge is 0.289 e. The first-order chi connectivity index (χ1) is 10.0. The summed E-state index contributed by atoms with van der Waals surface area (Å²) in [6, 6.07) is 12.7. The summed E-state index contributed by atoms with van der Waals surface area (Å²) in [6.45, 7) is 2.12. The van der Waals surface area contributed by atoms with Gasteiger partial charge in [0.1, 0.15) is 5.76 Å². The molecule has 0 unspecified atom stereocenters.